The molecule has 0 spiro atoms. The summed E-state index contributed by atoms with van der Waals surface area (Å²) in [6, 6.07) is 0. The van der Waals surface area contributed by atoms with Crippen LogP contribution in [0.2, 0.25) is 0 Å². The number of hydrogen-bond acceptors (Lipinski definition) is 3. The molecule has 1 aliphatic rings. The van der Waals surface area contributed by atoms with E-state index in [-0.39, 0.29) is 0 Å². The van der Waals surface area contributed by atoms with Crippen LogP contribution in [-0.4, -0.2) is 45.0 Å². The molecular formula is C12H23BrO3. The molecule has 4 heteroatoms. The molecule has 0 heterocycles. The van der Waals surface area contributed by atoms with Gasteiger partial charge in [-0.3, -0.25) is 0 Å². The van der Waals surface area contributed by atoms with Crippen LogP contribution in [-0.2, 0) is 14.2 Å². The summed E-state index contributed by atoms with van der Waals surface area (Å²) < 4.78 is 15.6. The van der Waals surface area contributed by atoms with E-state index in [0.717, 1.165) is 18.9 Å². The maximum atomic E-state index is 5.48. The van der Waals surface area contributed by atoms with Crippen LogP contribution < -0.4 is 0 Å². The van der Waals surface area contributed by atoms with Crippen molar-refractivity contribution in [1.29, 1.82) is 0 Å². The Balaban J connectivity index is 1.71. The van der Waals surface area contributed by atoms with Gasteiger partial charge in [0.2, 0.25) is 0 Å². The lowest BCUT2D eigenvalue weighted by molar-refractivity contribution is 0.0240. The summed E-state index contributed by atoms with van der Waals surface area (Å²) in [5.41, 5.74) is 0. The van der Waals surface area contributed by atoms with E-state index in [4.69, 9.17) is 14.2 Å². The molecule has 3 nitrogen and oxygen atoms in total. The lowest BCUT2D eigenvalue weighted by Gasteiger charge is -2.08. The van der Waals surface area contributed by atoms with Gasteiger partial charge in [-0.05, 0) is 31.6 Å². The molecule has 1 saturated carbocycles. The van der Waals surface area contributed by atoms with E-state index in [0.29, 0.717) is 31.3 Å². The molecular weight excluding hydrogens is 272 g/mol. The highest BCUT2D eigenvalue weighted by Crippen LogP contribution is 2.38. The van der Waals surface area contributed by atoms with Crippen LogP contribution in [0, 0.1) is 5.92 Å². The lowest BCUT2D eigenvalue weighted by Crippen LogP contribution is -2.09. The minimum Gasteiger partial charge on any atom is -0.382 e. The van der Waals surface area contributed by atoms with Gasteiger partial charge in [-0.25, -0.2) is 0 Å². The van der Waals surface area contributed by atoms with Gasteiger partial charge in [-0.2, -0.15) is 0 Å². The molecule has 1 rings (SSSR count). The van der Waals surface area contributed by atoms with Crippen molar-refractivity contribution in [3.63, 3.8) is 0 Å². The first kappa shape index (κ1) is 14.4. The standard InChI is InChI=1S/C12H23BrO3/c1-14-7-8-16-10-9-15-6-2-3-12(13)11-4-5-11/h11-12H,2-10H2,1H3. The summed E-state index contributed by atoms with van der Waals surface area (Å²) in [4.78, 5) is 0.717. The Morgan fingerprint density at radius 2 is 1.69 bits per heavy atom. The minimum absolute atomic E-state index is 0.658. The number of ether oxygens (including phenoxy) is 3. The summed E-state index contributed by atoms with van der Waals surface area (Å²) in [5, 5.41) is 0. The second kappa shape index (κ2) is 9.40. The highest BCUT2D eigenvalue weighted by Gasteiger charge is 2.28. The highest BCUT2D eigenvalue weighted by molar-refractivity contribution is 9.09. The van der Waals surface area contributed by atoms with Crippen molar-refractivity contribution in [2.45, 2.75) is 30.5 Å². The Morgan fingerprint density at radius 1 is 1.06 bits per heavy atom. The number of halogens is 1. The minimum atomic E-state index is 0.658. The first-order chi connectivity index (χ1) is 7.84. The Hall–Kier alpha value is 0.360. The van der Waals surface area contributed by atoms with E-state index in [9.17, 15) is 0 Å². The number of hydrogen-bond donors (Lipinski definition) is 0. The fourth-order valence-corrected chi connectivity index (χ4v) is 2.39. The van der Waals surface area contributed by atoms with Crippen molar-refractivity contribution < 1.29 is 14.2 Å². The van der Waals surface area contributed by atoms with E-state index in [1.54, 1.807) is 7.11 Å². The molecule has 0 saturated heterocycles. The third kappa shape index (κ3) is 7.60. The van der Waals surface area contributed by atoms with Gasteiger partial charge >= 0.3 is 0 Å². The monoisotopic (exact) mass is 294 g/mol. The molecule has 1 atom stereocenters. The van der Waals surface area contributed by atoms with Gasteiger partial charge in [0.05, 0.1) is 26.4 Å². The lowest BCUT2D eigenvalue weighted by atomic mass is 10.2. The second-order valence-corrected chi connectivity index (χ2v) is 5.39. The van der Waals surface area contributed by atoms with Crippen molar-refractivity contribution in [3.05, 3.63) is 0 Å². The van der Waals surface area contributed by atoms with Crippen molar-refractivity contribution in [1.82, 2.24) is 0 Å². The van der Waals surface area contributed by atoms with Gasteiger partial charge in [0, 0.05) is 18.5 Å². The highest BCUT2D eigenvalue weighted by atomic mass is 79.9. The van der Waals surface area contributed by atoms with Crippen LogP contribution in [0.25, 0.3) is 0 Å². The molecule has 96 valence electrons. The molecule has 0 aliphatic heterocycles. The van der Waals surface area contributed by atoms with E-state index in [1.165, 1.54) is 19.3 Å². The Bertz CT molecular complexity index is 162. The van der Waals surface area contributed by atoms with Crippen LogP contribution in [0.1, 0.15) is 25.7 Å². The van der Waals surface area contributed by atoms with Gasteiger partial charge in [0.1, 0.15) is 0 Å². The molecule has 16 heavy (non-hydrogen) atoms. The third-order valence-electron chi connectivity index (χ3n) is 2.71. The molecule has 0 amide bonds. The molecule has 0 aromatic carbocycles. The largest absolute Gasteiger partial charge is 0.382 e. The molecule has 0 aromatic rings. The number of methoxy groups -OCH3 is 1. The predicted molar refractivity (Wildman–Crippen MR) is 68.2 cm³/mol. The maximum absolute atomic E-state index is 5.48. The van der Waals surface area contributed by atoms with Gasteiger partial charge < -0.3 is 14.2 Å². The summed E-state index contributed by atoms with van der Waals surface area (Å²) >= 11 is 3.72. The maximum Gasteiger partial charge on any atom is 0.0701 e. The van der Waals surface area contributed by atoms with Gasteiger partial charge in [0.15, 0.2) is 0 Å². The summed E-state index contributed by atoms with van der Waals surface area (Å²) in [7, 11) is 1.68. The van der Waals surface area contributed by atoms with Crippen molar-refractivity contribution >= 4 is 15.9 Å². The first-order valence-electron chi connectivity index (χ1n) is 6.13. The molecule has 0 N–H and O–H groups in total. The summed E-state index contributed by atoms with van der Waals surface area (Å²) in [5.74, 6) is 0.942. The van der Waals surface area contributed by atoms with Crippen LogP contribution in [0.5, 0.6) is 0 Å². The molecule has 0 radical (unpaired) electrons. The molecule has 1 fully saturated rings. The van der Waals surface area contributed by atoms with E-state index in [1.807, 2.05) is 0 Å². The SMILES string of the molecule is COCCOCCOCCCC(Br)C1CC1. The van der Waals surface area contributed by atoms with Crippen molar-refractivity contribution in [3.8, 4) is 0 Å². The second-order valence-electron chi connectivity index (χ2n) is 4.21. The molecule has 1 unspecified atom stereocenters. The van der Waals surface area contributed by atoms with Crippen molar-refractivity contribution in [2.75, 3.05) is 40.1 Å². The zero-order valence-corrected chi connectivity index (χ0v) is 11.7. The first-order valence-corrected chi connectivity index (χ1v) is 7.04. The zero-order chi connectivity index (χ0) is 11.6. The van der Waals surface area contributed by atoms with Crippen LogP contribution in [0.15, 0.2) is 0 Å². The Labute approximate surface area is 107 Å². The predicted octanol–water partition coefficient (Wildman–Crippen LogP) is 2.62. The smallest absolute Gasteiger partial charge is 0.0701 e. The fraction of sp³-hybridized carbons (Fsp3) is 1.00. The molecule has 0 aromatic heterocycles. The Morgan fingerprint density at radius 3 is 2.31 bits per heavy atom. The summed E-state index contributed by atoms with van der Waals surface area (Å²) in [6.45, 7) is 3.53. The topological polar surface area (TPSA) is 27.7 Å². The van der Waals surface area contributed by atoms with E-state index < -0.39 is 0 Å². The zero-order valence-electron chi connectivity index (χ0n) is 10.1. The molecule has 0 bridgehead atoms. The van der Waals surface area contributed by atoms with Crippen LogP contribution >= 0.6 is 15.9 Å². The van der Waals surface area contributed by atoms with Gasteiger partial charge in [-0.15, -0.1) is 0 Å². The van der Waals surface area contributed by atoms with E-state index >= 15 is 0 Å². The number of alkyl halides is 1. The number of rotatable bonds is 11. The summed E-state index contributed by atoms with van der Waals surface area (Å²) in [6.07, 6.45) is 5.19. The van der Waals surface area contributed by atoms with Crippen LogP contribution in [0.3, 0.4) is 0 Å². The Kier molecular flexibility index (Phi) is 8.47. The van der Waals surface area contributed by atoms with Gasteiger partial charge in [-0.1, -0.05) is 15.9 Å². The average molecular weight is 295 g/mol. The average Bonchev–Trinajstić information content (AvgIpc) is 3.10. The van der Waals surface area contributed by atoms with Gasteiger partial charge in [0.25, 0.3) is 0 Å². The fourth-order valence-electron chi connectivity index (χ4n) is 1.54. The molecule has 1 aliphatic carbocycles. The third-order valence-corrected chi connectivity index (χ3v) is 3.91. The van der Waals surface area contributed by atoms with Crippen LogP contribution in [0.4, 0.5) is 0 Å². The van der Waals surface area contributed by atoms with Crippen molar-refractivity contribution in [2.24, 2.45) is 5.92 Å². The normalized spacial score (nSPS) is 17.6. The quantitative estimate of drug-likeness (QED) is 0.433. The van der Waals surface area contributed by atoms with E-state index in [2.05, 4.69) is 15.9 Å².